The fourth-order valence-corrected chi connectivity index (χ4v) is 1.85. The van der Waals surface area contributed by atoms with Crippen LogP contribution in [0.1, 0.15) is 5.56 Å². The fourth-order valence-electron chi connectivity index (χ4n) is 1.85. The van der Waals surface area contributed by atoms with Crippen molar-refractivity contribution in [2.24, 2.45) is 0 Å². The molecule has 1 atom stereocenters. The Hall–Kier alpha value is -2.56. The van der Waals surface area contributed by atoms with Crippen LogP contribution in [0.5, 0.6) is 0 Å². The molecule has 98 valence electrons. The standard InChI is InChI=1S/C14H14N2O3/c17-10-15-13(14(18)19)9-11-3-5-12(6-4-11)16-7-1-2-8-16/h1-8,10,13H,9H2,(H,15,17)(H,18,19)/t13-/m0/s1. The predicted octanol–water partition coefficient (Wildman–Crippen LogP) is 1.22. The molecule has 0 aliphatic rings. The fraction of sp³-hybridized carbons (Fsp3) is 0.143. The first-order chi connectivity index (χ1) is 9.20. The third kappa shape index (κ3) is 3.22. The van der Waals surface area contributed by atoms with E-state index in [2.05, 4.69) is 5.32 Å². The zero-order valence-electron chi connectivity index (χ0n) is 10.2. The molecular weight excluding hydrogens is 244 g/mol. The third-order valence-corrected chi connectivity index (χ3v) is 2.85. The maximum atomic E-state index is 10.9. The Labute approximate surface area is 110 Å². The first kappa shape index (κ1) is 12.9. The van der Waals surface area contributed by atoms with E-state index in [1.54, 1.807) is 0 Å². The topological polar surface area (TPSA) is 71.3 Å². The maximum absolute atomic E-state index is 10.9. The third-order valence-electron chi connectivity index (χ3n) is 2.85. The van der Waals surface area contributed by atoms with Gasteiger partial charge in [0.1, 0.15) is 6.04 Å². The molecule has 5 heteroatoms. The van der Waals surface area contributed by atoms with Crippen LogP contribution in [0.4, 0.5) is 0 Å². The van der Waals surface area contributed by atoms with Crippen LogP contribution < -0.4 is 5.32 Å². The number of aromatic nitrogens is 1. The molecule has 0 aliphatic heterocycles. The van der Waals surface area contributed by atoms with Crippen molar-refractivity contribution >= 4 is 12.4 Å². The molecule has 0 spiro atoms. The van der Waals surface area contributed by atoms with Gasteiger partial charge in [-0.05, 0) is 29.8 Å². The van der Waals surface area contributed by atoms with Gasteiger partial charge in [-0.15, -0.1) is 0 Å². The number of carbonyl (C=O) groups is 2. The minimum atomic E-state index is -1.04. The van der Waals surface area contributed by atoms with Crippen LogP contribution in [0.2, 0.25) is 0 Å². The van der Waals surface area contributed by atoms with E-state index in [9.17, 15) is 9.59 Å². The molecule has 0 saturated carbocycles. The Kier molecular flexibility index (Phi) is 3.97. The molecular formula is C14H14N2O3. The Balaban J connectivity index is 2.10. The second kappa shape index (κ2) is 5.86. The first-order valence-electron chi connectivity index (χ1n) is 5.85. The largest absolute Gasteiger partial charge is 0.480 e. The van der Waals surface area contributed by atoms with Gasteiger partial charge in [0.25, 0.3) is 0 Å². The second-order valence-electron chi connectivity index (χ2n) is 4.14. The molecule has 0 aliphatic carbocycles. The molecule has 2 N–H and O–H groups in total. The van der Waals surface area contributed by atoms with Gasteiger partial charge in [0, 0.05) is 24.5 Å². The van der Waals surface area contributed by atoms with E-state index in [0.29, 0.717) is 6.41 Å². The number of rotatable bonds is 6. The van der Waals surface area contributed by atoms with Crippen molar-refractivity contribution in [3.8, 4) is 5.69 Å². The van der Waals surface area contributed by atoms with Crippen LogP contribution in [0.25, 0.3) is 5.69 Å². The van der Waals surface area contributed by atoms with Crippen molar-refractivity contribution in [3.05, 3.63) is 54.4 Å². The van der Waals surface area contributed by atoms with Crippen molar-refractivity contribution in [1.82, 2.24) is 9.88 Å². The molecule has 1 aromatic heterocycles. The number of nitrogens with zero attached hydrogens (tertiary/aromatic N) is 1. The van der Waals surface area contributed by atoms with Crippen molar-refractivity contribution in [1.29, 1.82) is 0 Å². The van der Waals surface area contributed by atoms with Gasteiger partial charge in [-0.3, -0.25) is 4.79 Å². The molecule has 2 aromatic rings. The number of carbonyl (C=O) groups excluding carboxylic acids is 1. The molecule has 0 fully saturated rings. The highest BCUT2D eigenvalue weighted by molar-refractivity contribution is 5.76. The van der Waals surface area contributed by atoms with Crippen LogP contribution in [0.15, 0.2) is 48.8 Å². The molecule has 0 radical (unpaired) electrons. The Morgan fingerprint density at radius 3 is 2.42 bits per heavy atom. The molecule has 1 heterocycles. The molecule has 5 nitrogen and oxygen atoms in total. The van der Waals surface area contributed by atoms with Gasteiger partial charge in [-0.25, -0.2) is 4.79 Å². The highest BCUT2D eigenvalue weighted by Crippen LogP contribution is 2.11. The molecule has 0 unspecified atom stereocenters. The quantitative estimate of drug-likeness (QED) is 0.765. The maximum Gasteiger partial charge on any atom is 0.326 e. The molecule has 1 aromatic carbocycles. The normalized spacial score (nSPS) is 11.8. The van der Waals surface area contributed by atoms with Crippen molar-refractivity contribution in [3.63, 3.8) is 0 Å². The zero-order chi connectivity index (χ0) is 13.7. The first-order valence-corrected chi connectivity index (χ1v) is 5.85. The number of hydrogen-bond acceptors (Lipinski definition) is 2. The monoisotopic (exact) mass is 258 g/mol. The van der Waals surface area contributed by atoms with Gasteiger partial charge in [0.2, 0.25) is 6.41 Å². The molecule has 19 heavy (non-hydrogen) atoms. The van der Waals surface area contributed by atoms with Crippen molar-refractivity contribution in [2.45, 2.75) is 12.5 Å². The van der Waals surface area contributed by atoms with E-state index in [-0.39, 0.29) is 6.42 Å². The number of aliphatic carboxylic acids is 1. The van der Waals surface area contributed by atoms with E-state index in [1.165, 1.54) is 0 Å². The van der Waals surface area contributed by atoms with Gasteiger partial charge in [0.15, 0.2) is 0 Å². The minimum Gasteiger partial charge on any atom is -0.480 e. The smallest absolute Gasteiger partial charge is 0.326 e. The average molecular weight is 258 g/mol. The lowest BCUT2D eigenvalue weighted by molar-refractivity contribution is -0.140. The van der Waals surface area contributed by atoms with E-state index < -0.39 is 12.0 Å². The average Bonchev–Trinajstić information content (AvgIpc) is 2.93. The highest BCUT2D eigenvalue weighted by atomic mass is 16.4. The zero-order valence-corrected chi connectivity index (χ0v) is 10.2. The second-order valence-corrected chi connectivity index (χ2v) is 4.14. The molecule has 0 bridgehead atoms. The molecule has 1 amide bonds. The van der Waals surface area contributed by atoms with E-state index >= 15 is 0 Å². The predicted molar refractivity (Wildman–Crippen MR) is 70.1 cm³/mol. The lowest BCUT2D eigenvalue weighted by Crippen LogP contribution is -2.37. The summed E-state index contributed by atoms with van der Waals surface area (Å²) in [5, 5.41) is 11.2. The van der Waals surface area contributed by atoms with Crippen LogP contribution in [-0.4, -0.2) is 28.1 Å². The van der Waals surface area contributed by atoms with Crippen LogP contribution >= 0.6 is 0 Å². The van der Waals surface area contributed by atoms with Gasteiger partial charge in [-0.2, -0.15) is 0 Å². The Morgan fingerprint density at radius 1 is 1.26 bits per heavy atom. The highest BCUT2D eigenvalue weighted by Gasteiger charge is 2.16. The van der Waals surface area contributed by atoms with Gasteiger partial charge in [0.05, 0.1) is 0 Å². The number of hydrogen-bond donors (Lipinski definition) is 2. The minimum absolute atomic E-state index is 0.264. The lowest BCUT2D eigenvalue weighted by Gasteiger charge is -2.11. The summed E-state index contributed by atoms with van der Waals surface area (Å²) in [5.74, 6) is -1.04. The SMILES string of the molecule is O=CN[C@@H](Cc1ccc(-n2cccc2)cc1)C(=O)O. The van der Waals surface area contributed by atoms with Gasteiger partial charge in [-0.1, -0.05) is 12.1 Å². The van der Waals surface area contributed by atoms with E-state index in [1.807, 2.05) is 53.4 Å². The summed E-state index contributed by atoms with van der Waals surface area (Å²) in [7, 11) is 0. The summed E-state index contributed by atoms with van der Waals surface area (Å²) in [6.07, 6.45) is 4.54. The Bertz CT molecular complexity index is 547. The summed E-state index contributed by atoms with van der Waals surface area (Å²) < 4.78 is 1.96. The number of amides is 1. The van der Waals surface area contributed by atoms with E-state index in [0.717, 1.165) is 11.3 Å². The lowest BCUT2D eigenvalue weighted by atomic mass is 10.1. The number of benzene rings is 1. The molecule has 2 rings (SSSR count). The van der Waals surface area contributed by atoms with Crippen molar-refractivity contribution < 1.29 is 14.7 Å². The van der Waals surface area contributed by atoms with Gasteiger partial charge < -0.3 is 15.0 Å². The number of carboxylic acids is 1. The number of nitrogens with one attached hydrogen (secondary N) is 1. The summed E-state index contributed by atoms with van der Waals surface area (Å²) in [6.45, 7) is 0. The number of carboxylic acid groups (broad SMARTS) is 1. The summed E-state index contributed by atoms with van der Waals surface area (Å²) in [4.78, 5) is 21.3. The summed E-state index contributed by atoms with van der Waals surface area (Å²) in [5.41, 5.74) is 1.86. The Morgan fingerprint density at radius 2 is 1.89 bits per heavy atom. The van der Waals surface area contributed by atoms with Gasteiger partial charge >= 0.3 is 5.97 Å². The summed E-state index contributed by atoms with van der Waals surface area (Å²) >= 11 is 0. The summed E-state index contributed by atoms with van der Waals surface area (Å²) in [6, 6.07) is 10.5. The molecule has 0 saturated heterocycles. The van der Waals surface area contributed by atoms with Crippen LogP contribution in [0.3, 0.4) is 0 Å². The van der Waals surface area contributed by atoms with Crippen LogP contribution in [0, 0.1) is 0 Å². The van der Waals surface area contributed by atoms with E-state index in [4.69, 9.17) is 5.11 Å². The van der Waals surface area contributed by atoms with Crippen molar-refractivity contribution in [2.75, 3.05) is 0 Å². The van der Waals surface area contributed by atoms with Crippen LogP contribution in [-0.2, 0) is 16.0 Å².